The number of rotatable bonds is 9. The zero-order chi connectivity index (χ0) is 19.5. The van der Waals surface area contributed by atoms with Crippen LogP contribution in [0.15, 0.2) is 41.5 Å². The number of nitrogens with one attached hydrogen (secondary N) is 2. The summed E-state index contributed by atoms with van der Waals surface area (Å²) in [5.74, 6) is 2.61. The molecule has 28 heavy (non-hydrogen) atoms. The average molecular weight is 500 g/mol. The molecule has 0 bridgehead atoms. The van der Waals surface area contributed by atoms with Crippen LogP contribution in [0.5, 0.6) is 17.4 Å². The maximum Gasteiger partial charge on any atom is 0.218 e. The van der Waals surface area contributed by atoms with E-state index in [0.717, 1.165) is 24.1 Å². The molecule has 7 nitrogen and oxygen atoms in total. The fourth-order valence-electron chi connectivity index (χ4n) is 2.41. The molecule has 0 aliphatic heterocycles. The van der Waals surface area contributed by atoms with E-state index in [1.165, 1.54) is 0 Å². The number of benzene rings is 1. The van der Waals surface area contributed by atoms with Crippen LogP contribution < -0.4 is 24.8 Å². The lowest BCUT2D eigenvalue weighted by molar-refractivity contribution is 0.294. The van der Waals surface area contributed by atoms with Crippen LogP contribution in [0, 0.1) is 0 Å². The van der Waals surface area contributed by atoms with Crippen LogP contribution in [0.3, 0.4) is 0 Å². The second-order valence-corrected chi connectivity index (χ2v) is 5.79. The standard InChI is InChI=1S/C20H28N4O3.HI/c1-5-6-12-27-19-15(8-7-11-22-19)14-23-20(21-2)24-16-9-10-17(25-3)18(13-16)26-4;/h7-11,13H,5-6,12,14H2,1-4H3,(H2,21,23,24);1H. The number of methoxy groups -OCH3 is 2. The van der Waals surface area contributed by atoms with Crippen molar-refractivity contribution >= 4 is 35.6 Å². The summed E-state index contributed by atoms with van der Waals surface area (Å²) in [5.41, 5.74) is 1.82. The molecule has 0 aliphatic rings. The third-order valence-electron chi connectivity index (χ3n) is 3.90. The fourth-order valence-corrected chi connectivity index (χ4v) is 2.41. The van der Waals surface area contributed by atoms with Gasteiger partial charge in [-0.3, -0.25) is 4.99 Å². The Morgan fingerprint density at radius 2 is 1.93 bits per heavy atom. The van der Waals surface area contributed by atoms with Crippen molar-refractivity contribution in [2.24, 2.45) is 4.99 Å². The normalized spacial score (nSPS) is 10.6. The van der Waals surface area contributed by atoms with Crippen LogP contribution in [0.2, 0.25) is 0 Å². The minimum Gasteiger partial charge on any atom is -0.493 e. The zero-order valence-corrected chi connectivity index (χ0v) is 19.2. The van der Waals surface area contributed by atoms with Crippen molar-refractivity contribution in [1.29, 1.82) is 0 Å². The molecule has 1 heterocycles. The van der Waals surface area contributed by atoms with Crippen LogP contribution in [0.25, 0.3) is 0 Å². The molecule has 1 aromatic heterocycles. The Morgan fingerprint density at radius 1 is 1.14 bits per heavy atom. The second kappa shape index (κ2) is 13.0. The van der Waals surface area contributed by atoms with Gasteiger partial charge in [-0.1, -0.05) is 19.4 Å². The van der Waals surface area contributed by atoms with Gasteiger partial charge in [-0.2, -0.15) is 0 Å². The Labute approximate surface area is 183 Å². The maximum absolute atomic E-state index is 5.78. The fraction of sp³-hybridized carbons (Fsp3) is 0.400. The first-order valence-electron chi connectivity index (χ1n) is 8.98. The van der Waals surface area contributed by atoms with E-state index < -0.39 is 0 Å². The summed E-state index contributed by atoms with van der Waals surface area (Å²) in [4.78, 5) is 8.59. The van der Waals surface area contributed by atoms with Gasteiger partial charge in [0.05, 0.1) is 20.8 Å². The average Bonchev–Trinajstić information content (AvgIpc) is 2.71. The molecule has 8 heteroatoms. The van der Waals surface area contributed by atoms with Gasteiger partial charge in [0, 0.05) is 37.1 Å². The van der Waals surface area contributed by atoms with Crippen molar-refractivity contribution in [1.82, 2.24) is 10.3 Å². The number of guanidine groups is 1. The second-order valence-electron chi connectivity index (χ2n) is 5.79. The predicted molar refractivity (Wildman–Crippen MR) is 123 cm³/mol. The van der Waals surface area contributed by atoms with Crippen LogP contribution in [-0.2, 0) is 6.54 Å². The lowest BCUT2D eigenvalue weighted by Gasteiger charge is -2.15. The number of aliphatic imine (C=N–C) groups is 1. The summed E-state index contributed by atoms with van der Waals surface area (Å²) in [6.07, 6.45) is 3.83. The van der Waals surface area contributed by atoms with E-state index in [9.17, 15) is 0 Å². The molecule has 2 N–H and O–H groups in total. The molecule has 0 aliphatic carbocycles. The molecular weight excluding hydrogens is 471 g/mol. The van der Waals surface area contributed by atoms with Crippen LogP contribution in [0.1, 0.15) is 25.3 Å². The molecule has 0 unspecified atom stereocenters. The smallest absolute Gasteiger partial charge is 0.218 e. The highest BCUT2D eigenvalue weighted by atomic mass is 127. The summed E-state index contributed by atoms with van der Waals surface area (Å²) < 4.78 is 16.4. The number of pyridine rings is 1. The summed E-state index contributed by atoms with van der Waals surface area (Å²) in [5, 5.41) is 6.52. The van der Waals surface area contributed by atoms with Gasteiger partial charge < -0.3 is 24.8 Å². The first-order chi connectivity index (χ1) is 13.2. The molecule has 1 aromatic carbocycles. The van der Waals surface area contributed by atoms with Gasteiger partial charge in [-0.15, -0.1) is 24.0 Å². The van der Waals surface area contributed by atoms with Gasteiger partial charge in [0.1, 0.15) is 0 Å². The van der Waals surface area contributed by atoms with Gasteiger partial charge >= 0.3 is 0 Å². The summed E-state index contributed by atoms with van der Waals surface area (Å²) in [6.45, 7) is 3.34. The van der Waals surface area contributed by atoms with Crippen molar-refractivity contribution in [2.75, 3.05) is 33.2 Å². The van der Waals surface area contributed by atoms with Gasteiger partial charge in [0.2, 0.25) is 5.88 Å². The van der Waals surface area contributed by atoms with E-state index in [0.29, 0.717) is 36.5 Å². The molecule has 2 rings (SSSR count). The lowest BCUT2D eigenvalue weighted by atomic mass is 10.2. The van der Waals surface area contributed by atoms with Gasteiger partial charge in [-0.05, 0) is 24.6 Å². The third kappa shape index (κ3) is 7.06. The van der Waals surface area contributed by atoms with Gasteiger partial charge in [0.15, 0.2) is 17.5 Å². The zero-order valence-electron chi connectivity index (χ0n) is 16.8. The summed E-state index contributed by atoms with van der Waals surface area (Å²) in [7, 11) is 4.94. The minimum atomic E-state index is 0. The SMILES string of the molecule is CCCCOc1ncccc1CNC(=NC)Nc1ccc(OC)c(OC)c1.I. The number of hydrogen-bond acceptors (Lipinski definition) is 5. The van der Waals surface area contributed by atoms with Crippen LogP contribution in [-0.4, -0.2) is 38.8 Å². The van der Waals surface area contributed by atoms with Crippen molar-refractivity contribution in [3.63, 3.8) is 0 Å². The number of unbranched alkanes of at least 4 members (excludes halogenated alkanes) is 1. The monoisotopic (exact) mass is 500 g/mol. The van der Waals surface area contributed by atoms with Gasteiger partial charge in [-0.25, -0.2) is 4.98 Å². The Morgan fingerprint density at radius 3 is 2.61 bits per heavy atom. The predicted octanol–water partition coefficient (Wildman–Crippen LogP) is 4.08. The third-order valence-corrected chi connectivity index (χ3v) is 3.90. The summed E-state index contributed by atoms with van der Waals surface area (Å²) >= 11 is 0. The largest absolute Gasteiger partial charge is 0.493 e. The Kier molecular flexibility index (Phi) is 11.1. The van der Waals surface area contributed by atoms with E-state index in [-0.39, 0.29) is 24.0 Å². The molecule has 0 saturated heterocycles. The topological polar surface area (TPSA) is 77.0 Å². The highest BCUT2D eigenvalue weighted by molar-refractivity contribution is 14.0. The highest BCUT2D eigenvalue weighted by Crippen LogP contribution is 2.29. The van der Waals surface area contributed by atoms with E-state index in [4.69, 9.17) is 14.2 Å². The molecule has 2 aromatic rings. The molecule has 0 spiro atoms. The van der Waals surface area contributed by atoms with Crippen molar-refractivity contribution in [2.45, 2.75) is 26.3 Å². The lowest BCUT2D eigenvalue weighted by Crippen LogP contribution is -2.30. The van der Waals surface area contributed by atoms with Crippen LogP contribution in [0.4, 0.5) is 5.69 Å². The molecular formula is C20H29IN4O3. The first-order valence-corrected chi connectivity index (χ1v) is 8.98. The van der Waals surface area contributed by atoms with Crippen molar-refractivity contribution < 1.29 is 14.2 Å². The number of nitrogens with zero attached hydrogens (tertiary/aromatic N) is 2. The van der Waals surface area contributed by atoms with E-state index in [1.54, 1.807) is 27.5 Å². The number of halogens is 1. The molecule has 154 valence electrons. The quantitative estimate of drug-likeness (QED) is 0.234. The Hall–Kier alpha value is -2.23. The number of aromatic nitrogens is 1. The Balaban J connectivity index is 0.00000392. The van der Waals surface area contributed by atoms with E-state index in [2.05, 4.69) is 27.5 Å². The highest BCUT2D eigenvalue weighted by Gasteiger charge is 2.08. The molecule has 0 saturated carbocycles. The van der Waals surface area contributed by atoms with Gasteiger partial charge in [0.25, 0.3) is 0 Å². The maximum atomic E-state index is 5.78. The van der Waals surface area contributed by atoms with E-state index >= 15 is 0 Å². The van der Waals surface area contributed by atoms with Crippen molar-refractivity contribution in [3.05, 3.63) is 42.1 Å². The van der Waals surface area contributed by atoms with Crippen molar-refractivity contribution in [3.8, 4) is 17.4 Å². The first kappa shape index (κ1) is 23.8. The van der Waals surface area contributed by atoms with Crippen LogP contribution >= 0.6 is 24.0 Å². The summed E-state index contributed by atoms with van der Waals surface area (Å²) in [6, 6.07) is 9.49. The number of ether oxygens (including phenoxy) is 3. The Bertz CT molecular complexity index is 756. The minimum absolute atomic E-state index is 0. The molecule has 0 fully saturated rings. The number of hydrogen-bond donors (Lipinski definition) is 2. The molecule has 0 amide bonds. The molecule has 0 atom stereocenters. The number of anilines is 1. The van der Waals surface area contributed by atoms with E-state index in [1.807, 2.05) is 30.3 Å². The molecule has 0 radical (unpaired) electrons.